The van der Waals surface area contributed by atoms with Gasteiger partial charge in [-0.1, -0.05) is 17.8 Å². The van der Waals surface area contributed by atoms with E-state index in [1.807, 2.05) is 0 Å². The Balaban J connectivity index is 1.90. The van der Waals surface area contributed by atoms with Crippen LogP contribution in [0.5, 0.6) is 0 Å². The standard InChI is InChI=1S/C17H13F3N2O2S/c1-24-16(23)10-25-15-5-4-13(9-21-15)22-7-6-11-2-3-12(8-14(11)22)17(18,19)20/h2-9H,10H2,1H3. The average molecular weight is 366 g/mol. The van der Waals surface area contributed by atoms with E-state index in [2.05, 4.69) is 9.72 Å². The van der Waals surface area contributed by atoms with Gasteiger partial charge in [0.25, 0.3) is 0 Å². The molecule has 1 aromatic carbocycles. The zero-order valence-corrected chi connectivity index (χ0v) is 13.9. The fourth-order valence-corrected chi connectivity index (χ4v) is 3.00. The number of hydrogen-bond donors (Lipinski definition) is 0. The number of carbonyl (C=O) groups excluding carboxylic acids is 1. The largest absolute Gasteiger partial charge is 0.468 e. The third kappa shape index (κ3) is 3.79. The summed E-state index contributed by atoms with van der Waals surface area (Å²) in [7, 11) is 1.31. The van der Waals surface area contributed by atoms with Crippen LogP contribution in [0.15, 0.2) is 53.8 Å². The molecular weight excluding hydrogens is 353 g/mol. The number of fused-ring (bicyclic) bond motifs is 1. The number of aromatic nitrogens is 2. The third-order valence-corrected chi connectivity index (χ3v) is 4.50. The first-order valence-electron chi connectivity index (χ1n) is 7.23. The molecule has 0 saturated heterocycles. The molecular formula is C17H13F3N2O2S. The Hall–Kier alpha value is -2.48. The summed E-state index contributed by atoms with van der Waals surface area (Å²) in [4.78, 5) is 15.4. The summed E-state index contributed by atoms with van der Waals surface area (Å²) in [6.45, 7) is 0. The first kappa shape index (κ1) is 17.3. The molecule has 0 aliphatic heterocycles. The quantitative estimate of drug-likeness (QED) is 0.510. The minimum atomic E-state index is -4.39. The highest BCUT2D eigenvalue weighted by molar-refractivity contribution is 7.99. The van der Waals surface area contributed by atoms with E-state index in [1.54, 1.807) is 35.2 Å². The van der Waals surface area contributed by atoms with Crippen molar-refractivity contribution >= 4 is 28.6 Å². The average Bonchev–Trinajstić information content (AvgIpc) is 3.02. The van der Waals surface area contributed by atoms with Gasteiger partial charge in [-0.15, -0.1) is 0 Å². The number of rotatable bonds is 4. The maximum absolute atomic E-state index is 12.9. The van der Waals surface area contributed by atoms with E-state index in [1.165, 1.54) is 24.9 Å². The maximum atomic E-state index is 12.9. The second-order valence-corrected chi connectivity index (χ2v) is 6.17. The molecule has 0 amide bonds. The van der Waals surface area contributed by atoms with Crippen molar-refractivity contribution in [2.45, 2.75) is 11.2 Å². The number of hydrogen-bond acceptors (Lipinski definition) is 4. The van der Waals surface area contributed by atoms with Gasteiger partial charge in [-0.3, -0.25) is 4.79 Å². The van der Waals surface area contributed by atoms with Crippen LogP contribution in [0.2, 0.25) is 0 Å². The maximum Gasteiger partial charge on any atom is 0.416 e. The summed E-state index contributed by atoms with van der Waals surface area (Å²) in [5.74, 6) is -0.212. The molecule has 2 aromatic heterocycles. The van der Waals surface area contributed by atoms with E-state index in [0.717, 1.165) is 12.1 Å². The van der Waals surface area contributed by atoms with Gasteiger partial charge in [0.2, 0.25) is 0 Å². The highest BCUT2D eigenvalue weighted by atomic mass is 32.2. The van der Waals surface area contributed by atoms with Crippen LogP contribution in [-0.2, 0) is 15.7 Å². The number of esters is 1. The number of pyridine rings is 1. The Bertz CT molecular complexity index is 904. The Morgan fingerprint density at radius 2 is 2.04 bits per heavy atom. The van der Waals surface area contributed by atoms with Gasteiger partial charge in [-0.05, 0) is 35.7 Å². The number of alkyl halides is 3. The number of halogens is 3. The number of thioether (sulfide) groups is 1. The van der Waals surface area contributed by atoms with Crippen molar-refractivity contribution in [3.05, 3.63) is 54.4 Å². The summed E-state index contributed by atoms with van der Waals surface area (Å²) in [5.41, 5.74) is 0.390. The highest BCUT2D eigenvalue weighted by Crippen LogP contribution is 2.32. The lowest BCUT2D eigenvalue weighted by atomic mass is 10.1. The Labute approximate surface area is 145 Å². The van der Waals surface area contributed by atoms with Crippen LogP contribution in [0.25, 0.3) is 16.6 Å². The van der Waals surface area contributed by atoms with E-state index in [0.29, 0.717) is 21.6 Å². The Morgan fingerprint density at radius 3 is 2.68 bits per heavy atom. The number of nitrogens with zero attached hydrogens (tertiary/aromatic N) is 2. The molecule has 2 heterocycles. The van der Waals surface area contributed by atoms with Crippen molar-refractivity contribution in [2.75, 3.05) is 12.9 Å². The van der Waals surface area contributed by atoms with Crippen LogP contribution in [-0.4, -0.2) is 28.4 Å². The molecule has 0 N–H and O–H groups in total. The molecule has 8 heteroatoms. The van der Waals surface area contributed by atoms with Gasteiger partial charge in [0, 0.05) is 6.20 Å². The topological polar surface area (TPSA) is 44.1 Å². The second kappa shape index (κ2) is 6.79. The molecule has 0 aliphatic carbocycles. The lowest BCUT2D eigenvalue weighted by molar-refractivity contribution is -0.138. The summed E-state index contributed by atoms with van der Waals surface area (Å²) in [6.07, 6.45) is -1.14. The van der Waals surface area contributed by atoms with Gasteiger partial charge >= 0.3 is 12.1 Å². The van der Waals surface area contributed by atoms with Crippen molar-refractivity contribution in [1.29, 1.82) is 0 Å². The SMILES string of the molecule is COC(=O)CSc1ccc(-n2ccc3ccc(C(F)(F)F)cc32)cn1. The van der Waals surface area contributed by atoms with Crippen LogP contribution in [0.4, 0.5) is 13.2 Å². The van der Waals surface area contributed by atoms with Gasteiger partial charge < -0.3 is 9.30 Å². The molecule has 4 nitrogen and oxygen atoms in total. The minimum Gasteiger partial charge on any atom is -0.468 e. The number of benzene rings is 1. The number of carbonyl (C=O) groups is 1. The molecule has 0 spiro atoms. The van der Waals surface area contributed by atoms with Crippen molar-refractivity contribution in [2.24, 2.45) is 0 Å². The van der Waals surface area contributed by atoms with E-state index in [4.69, 9.17) is 0 Å². The van der Waals surface area contributed by atoms with E-state index in [-0.39, 0.29) is 11.7 Å². The van der Waals surface area contributed by atoms with Crippen LogP contribution in [0, 0.1) is 0 Å². The monoisotopic (exact) mass is 366 g/mol. The molecule has 0 radical (unpaired) electrons. The summed E-state index contributed by atoms with van der Waals surface area (Å²) < 4.78 is 45.0. The predicted molar refractivity (Wildman–Crippen MR) is 88.8 cm³/mol. The molecule has 25 heavy (non-hydrogen) atoms. The van der Waals surface area contributed by atoms with Gasteiger partial charge in [0.1, 0.15) is 0 Å². The first-order valence-corrected chi connectivity index (χ1v) is 8.21. The van der Waals surface area contributed by atoms with Crippen LogP contribution < -0.4 is 0 Å². The van der Waals surface area contributed by atoms with Crippen LogP contribution >= 0.6 is 11.8 Å². The molecule has 0 saturated carbocycles. The van der Waals surface area contributed by atoms with E-state index in [9.17, 15) is 18.0 Å². The Morgan fingerprint density at radius 1 is 1.24 bits per heavy atom. The normalized spacial score (nSPS) is 11.7. The van der Waals surface area contributed by atoms with Crippen LogP contribution in [0.3, 0.4) is 0 Å². The smallest absolute Gasteiger partial charge is 0.416 e. The lowest BCUT2D eigenvalue weighted by Crippen LogP contribution is -2.05. The molecule has 3 aromatic rings. The van der Waals surface area contributed by atoms with Gasteiger partial charge in [-0.2, -0.15) is 13.2 Å². The summed E-state index contributed by atoms with van der Waals surface area (Å²) >= 11 is 1.22. The lowest BCUT2D eigenvalue weighted by Gasteiger charge is -2.09. The third-order valence-electron chi connectivity index (χ3n) is 3.58. The Kier molecular flexibility index (Phi) is 4.71. The van der Waals surface area contributed by atoms with Crippen molar-refractivity contribution in [1.82, 2.24) is 9.55 Å². The number of methoxy groups -OCH3 is 1. The van der Waals surface area contributed by atoms with Crippen molar-refractivity contribution < 1.29 is 22.7 Å². The zero-order chi connectivity index (χ0) is 18.0. The number of ether oxygens (including phenoxy) is 1. The van der Waals surface area contributed by atoms with E-state index < -0.39 is 11.7 Å². The molecule has 0 atom stereocenters. The van der Waals surface area contributed by atoms with Gasteiger partial charge in [0.05, 0.1) is 40.9 Å². The molecule has 130 valence electrons. The summed E-state index contributed by atoms with van der Waals surface area (Å²) in [5, 5.41) is 1.33. The molecule has 0 aliphatic rings. The predicted octanol–water partition coefficient (Wildman–Crippen LogP) is 4.31. The highest BCUT2D eigenvalue weighted by Gasteiger charge is 2.30. The van der Waals surface area contributed by atoms with Crippen LogP contribution in [0.1, 0.15) is 5.56 Å². The minimum absolute atomic E-state index is 0.143. The fourth-order valence-electron chi connectivity index (χ4n) is 2.32. The molecule has 0 unspecified atom stereocenters. The summed E-state index contributed by atoms with van der Waals surface area (Å²) in [6, 6.07) is 8.83. The van der Waals surface area contributed by atoms with Crippen molar-refractivity contribution in [3.63, 3.8) is 0 Å². The molecule has 0 fully saturated rings. The second-order valence-electron chi connectivity index (χ2n) is 5.18. The fraction of sp³-hybridized carbons (Fsp3) is 0.176. The zero-order valence-electron chi connectivity index (χ0n) is 13.1. The molecule has 0 bridgehead atoms. The van der Waals surface area contributed by atoms with Gasteiger partial charge in [0.15, 0.2) is 0 Å². The first-order chi connectivity index (χ1) is 11.9. The van der Waals surface area contributed by atoms with E-state index >= 15 is 0 Å². The van der Waals surface area contributed by atoms with Crippen molar-refractivity contribution in [3.8, 4) is 5.69 Å². The van der Waals surface area contributed by atoms with Gasteiger partial charge in [-0.25, -0.2) is 4.98 Å². The molecule has 3 rings (SSSR count).